The SMILES string of the molecule is CC(C)n1cc(OCc2occc2CNC(C)(C)C)cn1. The molecule has 0 aliphatic rings. The molecule has 0 saturated heterocycles. The molecule has 0 atom stereocenters. The summed E-state index contributed by atoms with van der Waals surface area (Å²) in [6, 6.07) is 2.31. The van der Waals surface area contributed by atoms with Crippen LogP contribution >= 0.6 is 0 Å². The molecule has 5 heteroatoms. The van der Waals surface area contributed by atoms with Crippen LogP contribution in [0.1, 0.15) is 52.0 Å². The fourth-order valence-electron chi connectivity index (χ4n) is 1.84. The lowest BCUT2D eigenvalue weighted by atomic mass is 10.1. The topological polar surface area (TPSA) is 52.2 Å². The van der Waals surface area contributed by atoms with E-state index in [2.05, 4.69) is 45.0 Å². The van der Waals surface area contributed by atoms with Crippen LogP contribution in [-0.4, -0.2) is 15.3 Å². The van der Waals surface area contributed by atoms with Gasteiger partial charge in [-0.1, -0.05) is 0 Å². The first kappa shape index (κ1) is 15.6. The van der Waals surface area contributed by atoms with Crippen LogP contribution in [0.3, 0.4) is 0 Å². The Kier molecular flexibility index (Phi) is 4.73. The van der Waals surface area contributed by atoms with Crippen molar-refractivity contribution in [3.8, 4) is 5.75 Å². The number of nitrogens with zero attached hydrogens (tertiary/aromatic N) is 2. The van der Waals surface area contributed by atoms with E-state index in [-0.39, 0.29) is 5.54 Å². The van der Waals surface area contributed by atoms with E-state index >= 15 is 0 Å². The highest BCUT2D eigenvalue weighted by atomic mass is 16.5. The van der Waals surface area contributed by atoms with Crippen molar-refractivity contribution >= 4 is 0 Å². The Labute approximate surface area is 126 Å². The lowest BCUT2D eigenvalue weighted by Crippen LogP contribution is -2.35. The minimum absolute atomic E-state index is 0.0772. The van der Waals surface area contributed by atoms with Crippen LogP contribution in [-0.2, 0) is 13.2 Å². The van der Waals surface area contributed by atoms with E-state index in [0.29, 0.717) is 12.6 Å². The van der Waals surface area contributed by atoms with E-state index in [1.165, 1.54) is 0 Å². The lowest BCUT2D eigenvalue weighted by Gasteiger charge is -2.20. The van der Waals surface area contributed by atoms with Crippen LogP contribution in [0.15, 0.2) is 29.1 Å². The van der Waals surface area contributed by atoms with Gasteiger partial charge in [-0.3, -0.25) is 4.68 Å². The van der Waals surface area contributed by atoms with E-state index in [0.717, 1.165) is 23.6 Å². The average molecular weight is 291 g/mol. The van der Waals surface area contributed by atoms with Gasteiger partial charge in [0.25, 0.3) is 0 Å². The van der Waals surface area contributed by atoms with Gasteiger partial charge in [0.2, 0.25) is 0 Å². The molecule has 2 aromatic rings. The Bertz CT molecular complexity index is 564. The van der Waals surface area contributed by atoms with Crippen LogP contribution in [0.4, 0.5) is 0 Å². The molecular weight excluding hydrogens is 266 g/mol. The van der Waals surface area contributed by atoms with Crippen LogP contribution in [0.25, 0.3) is 0 Å². The maximum Gasteiger partial charge on any atom is 0.157 e. The summed E-state index contributed by atoms with van der Waals surface area (Å²) in [6.07, 6.45) is 5.34. The third-order valence-corrected chi connectivity index (χ3v) is 3.12. The predicted molar refractivity (Wildman–Crippen MR) is 82.2 cm³/mol. The number of nitrogens with one attached hydrogen (secondary N) is 1. The van der Waals surface area contributed by atoms with Gasteiger partial charge >= 0.3 is 0 Å². The van der Waals surface area contributed by atoms with Crippen molar-refractivity contribution in [1.82, 2.24) is 15.1 Å². The molecule has 5 nitrogen and oxygen atoms in total. The Morgan fingerprint density at radius 2 is 2.14 bits per heavy atom. The van der Waals surface area contributed by atoms with Crippen LogP contribution in [0.5, 0.6) is 5.75 Å². The van der Waals surface area contributed by atoms with Crippen LogP contribution < -0.4 is 10.1 Å². The van der Waals surface area contributed by atoms with Crippen LogP contribution in [0.2, 0.25) is 0 Å². The van der Waals surface area contributed by atoms with Crippen molar-refractivity contribution in [3.05, 3.63) is 36.0 Å². The lowest BCUT2D eigenvalue weighted by molar-refractivity contribution is 0.266. The maximum absolute atomic E-state index is 5.75. The largest absolute Gasteiger partial charge is 0.482 e. The van der Waals surface area contributed by atoms with Crippen molar-refractivity contribution < 1.29 is 9.15 Å². The van der Waals surface area contributed by atoms with E-state index < -0.39 is 0 Å². The highest BCUT2D eigenvalue weighted by Gasteiger charge is 2.13. The number of hydrogen-bond acceptors (Lipinski definition) is 4. The van der Waals surface area contributed by atoms with Crippen LogP contribution in [0, 0.1) is 0 Å². The second kappa shape index (κ2) is 6.35. The van der Waals surface area contributed by atoms with Gasteiger partial charge in [0.15, 0.2) is 5.75 Å². The zero-order chi connectivity index (χ0) is 15.5. The summed E-state index contributed by atoms with van der Waals surface area (Å²) in [5.74, 6) is 1.61. The molecule has 0 aromatic carbocycles. The minimum Gasteiger partial charge on any atom is -0.482 e. The smallest absolute Gasteiger partial charge is 0.157 e. The Balaban J connectivity index is 1.92. The molecule has 0 aliphatic carbocycles. The molecule has 2 aromatic heterocycles. The fourth-order valence-corrected chi connectivity index (χ4v) is 1.84. The number of furan rings is 1. The Morgan fingerprint density at radius 3 is 2.76 bits per heavy atom. The van der Waals surface area contributed by atoms with Gasteiger partial charge in [-0.2, -0.15) is 5.10 Å². The Hall–Kier alpha value is -1.75. The van der Waals surface area contributed by atoms with Crippen molar-refractivity contribution in [2.45, 2.75) is 59.4 Å². The first-order valence-electron chi connectivity index (χ1n) is 7.32. The summed E-state index contributed by atoms with van der Waals surface area (Å²) in [5.41, 5.74) is 1.20. The van der Waals surface area contributed by atoms with Gasteiger partial charge < -0.3 is 14.5 Å². The Morgan fingerprint density at radius 1 is 1.38 bits per heavy atom. The molecular formula is C16H25N3O2. The quantitative estimate of drug-likeness (QED) is 0.884. The van der Waals surface area contributed by atoms with Gasteiger partial charge in [-0.05, 0) is 40.7 Å². The number of aromatic nitrogens is 2. The first-order chi connectivity index (χ1) is 9.85. The molecule has 2 rings (SSSR count). The van der Waals surface area contributed by atoms with Gasteiger partial charge in [-0.15, -0.1) is 0 Å². The molecule has 0 radical (unpaired) electrons. The van der Waals surface area contributed by atoms with Gasteiger partial charge in [0.1, 0.15) is 12.4 Å². The zero-order valence-electron chi connectivity index (χ0n) is 13.5. The molecule has 0 amide bonds. The highest BCUT2D eigenvalue weighted by Crippen LogP contribution is 2.17. The van der Waals surface area contributed by atoms with E-state index in [4.69, 9.17) is 9.15 Å². The predicted octanol–water partition coefficient (Wildman–Crippen LogP) is 3.52. The van der Waals surface area contributed by atoms with Crippen molar-refractivity contribution in [2.75, 3.05) is 0 Å². The van der Waals surface area contributed by atoms with Crippen molar-refractivity contribution in [2.24, 2.45) is 0 Å². The maximum atomic E-state index is 5.75. The third-order valence-electron chi connectivity index (χ3n) is 3.12. The molecule has 116 valence electrons. The van der Waals surface area contributed by atoms with E-state index in [1.54, 1.807) is 12.5 Å². The zero-order valence-corrected chi connectivity index (χ0v) is 13.5. The molecule has 0 aliphatic heterocycles. The highest BCUT2D eigenvalue weighted by molar-refractivity contribution is 5.18. The number of hydrogen-bond donors (Lipinski definition) is 1. The molecule has 0 fully saturated rings. The van der Waals surface area contributed by atoms with E-state index in [9.17, 15) is 0 Å². The normalized spacial score (nSPS) is 12.1. The first-order valence-corrected chi connectivity index (χ1v) is 7.32. The molecule has 0 unspecified atom stereocenters. The van der Waals surface area contributed by atoms with Crippen molar-refractivity contribution in [3.63, 3.8) is 0 Å². The standard InChI is InChI=1S/C16H25N3O2/c1-12(2)19-10-14(9-18-19)21-11-15-13(6-7-20-15)8-17-16(3,4)5/h6-7,9-10,12,17H,8,11H2,1-5H3. The fraction of sp³-hybridized carbons (Fsp3) is 0.562. The summed E-state index contributed by atoms with van der Waals surface area (Å²) in [5, 5.41) is 7.71. The third kappa shape index (κ3) is 4.63. The summed E-state index contributed by atoms with van der Waals surface area (Å²) in [6.45, 7) is 11.8. The minimum atomic E-state index is 0.0772. The number of rotatable bonds is 6. The average Bonchev–Trinajstić information content (AvgIpc) is 3.02. The molecule has 0 bridgehead atoms. The van der Waals surface area contributed by atoms with Gasteiger partial charge in [-0.25, -0.2) is 0 Å². The van der Waals surface area contributed by atoms with Gasteiger partial charge in [0.05, 0.1) is 18.7 Å². The molecule has 0 spiro atoms. The molecule has 2 heterocycles. The summed E-state index contributed by atoms with van der Waals surface area (Å²) in [4.78, 5) is 0. The second-order valence-corrected chi connectivity index (χ2v) is 6.51. The molecule has 1 N–H and O–H groups in total. The van der Waals surface area contributed by atoms with E-state index in [1.807, 2.05) is 16.9 Å². The van der Waals surface area contributed by atoms with Gasteiger partial charge in [0, 0.05) is 23.7 Å². The summed E-state index contributed by atoms with van der Waals surface area (Å²) >= 11 is 0. The summed E-state index contributed by atoms with van der Waals surface area (Å²) < 4.78 is 13.1. The number of ether oxygens (including phenoxy) is 1. The molecule has 21 heavy (non-hydrogen) atoms. The monoisotopic (exact) mass is 291 g/mol. The van der Waals surface area contributed by atoms with Crippen molar-refractivity contribution in [1.29, 1.82) is 0 Å². The second-order valence-electron chi connectivity index (χ2n) is 6.51. The molecule has 0 saturated carbocycles. The summed E-state index contributed by atoms with van der Waals surface area (Å²) in [7, 11) is 0.